The minimum atomic E-state index is -2.96. The second-order valence-corrected chi connectivity index (χ2v) is 20.5. The van der Waals surface area contributed by atoms with Gasteiger partial charge in [-0.15, -0.1) is 11.3 Å². The van der Waals surface area contributed by atoms with Crippen molar-refractivity contribution in [3.8, 4) is 0 Å². The van der Waals surface area contributed by atoms with Gasteiger partial charge in [-0.25, -0.2) is 0 Å². The fraction of sp³-hybridized carbons (Fsp3) is 0.409. The van der Waals surface area contributed by atoms with Gasteiger partial charge in [0.05, 0.1) is 12.2 Å². The zero-order valence-corrected chi connectivity index (χ0v) is 32.4. The lowest BCUT2D eigenvalue weighted by molar-refractivity contribution is -0.194. The molecule has 5 atom stereocenters. The third kappa shape index (κ3) is 8.92. The molecule has 52 heavy (non-hydrogen) atoms. The highest BCUT2D eigenvalue weighted by molar-refractivity contribution is 7.19. The standard InChI is InChI=1S/C44H52O6SSi/c1-44(2,3)52(33-19-8-6-9-20-33,34-21-10-7-11-22-34)50-38(41-30-32-18-14-15-24-40(32)51-41)28-27-35-36(23-12-4-5-13-25-42(46)47)39(31-37(35)45)49-43-26-16-17-29-48-43/h4,6-12,14-15,18-22,24,27-28,30,35-36,38-39,43H,5,13,16-17,23,25-26,29,31H2,1-3H3,(H,46,47)/b12-4+,28-27+/t35-,36-,38-,39+,43?/m1/s1. The van der Waals surface area contributed by atoms with E-state index in [0.717, 1.165) is 24.1 Å². The largest absolute Gasteiger partial charge is 0.481 e. The Morgan fingerprint density at radius 3 is 2.31 bits per heavy atom. The van der Waals surface area contributed by atoms with Crippen LogP contribution < -0.4 is 10.4 Å². The summed E-state index contributed by atoms with van der Waals surface area (Å²) in [6, 6.07) is 32.1. The lowest BCUT2D eigenvalue weighted by atomic mass is 9.90. The van der Waals surface area contributed by atoms with Gasteiger partial charge in [-0.1, -0.05) is 124 Å². The molecule has 2 aliphatic rings. The van der Waals surface area contributed by atoms with Crippen molar-refractivity contribution in [3.63, 3.8) is 0 Å². The van der Waals surface area contributed by atoms with Crippen LogP contribution in [0.5, 0.6) is 0 Å². The molecule has 2 fully saturated rings. The molecule has 1 saturated heterocycles. The van der Waals surface area contributed by atoms with Crippen LogP contribution in [0.3, 0.4) is 0 Å². The predicted octanol–water partition coefficient (Wildman–Crippen LogP) is 9.39. The number of carboxylic acids is 1. The number of hydrogen-bond donors (Lipinski definition) is 1. The Bertz CT molecular complexity index is 1750. The summed E-state index contributed by atoms with van der Waals surface area (Å²) < 4.78 is 21.4. The van der Waals surface area contributed by atoms with Crippen molar-refractivity contribution in [1.82, 2.24) is 0 Å². The molecule has 1 aromatic heterocycles. The van der Waals surface area contributed by atoms with Gasteiger partial charge >= 0.3 is 5.97 Å². The fourth-order valence-corrected chi connectivity index (χ4v) is 13.6. The lowest BCUT2D eigenvalue weighted by Gasteiger charge is -2.44. The molecule has 1 saturated carbocycles. The fourth-order valence-electron chi connectivity index (χ4n) is 7.85. The van der Waals surface area contributed by atoms with E-state index in [-0.39, 0.29) is 41.5 Å². The quantitative estimate of drug-likeness (QED) is 0.0745. The van der Waals surface area contributed by atoms with Crippen LogP contribution in [0.4, 0.5) is 0 Å². The number of aliphatic carboxylic acids is 1. The summed E-state index contributed by atoms with van der Waals surface area (Å²) in [6.07, 6.45) is 12.8. The van der Waals surface area contributed by atoms with Crippen LogP contribution in [0.15, 0.2) is 115 Å². The Hall–Kier alpha value is -3.66. The maximum Gasteiger partial charge on any atom is 0.303 e. The summed E-state index contributed by atoms with van der Waals surface area (Å²) in [6.45, 7) is 7.55. The summed E-state index contributed by atoms with van der Waals surface area (Å²) in [5.41, 5.74) is 0. The second-order valence-electron chi connectivity index (χ2n) is 15.1. The lowest BCUT2D eigenvalue weighted by Crippen LogP contribution is -2.66. The number of rotatable bonds is 15. The van der Waals surface area contributed by atoms with Gasteiger partial charge in [0.2, 0.25) is 0 Å². The Morgan fingerprint density at radius 1 is 0.981 bits per heavy atom. The molecular weight excluding hydrogens is 685 g/mol. The summed E-state index contributed by atoms with van der Waals surface area (Å²) >= 11 is 1.75. The summed E-state index contributed by atoms with van der Waals surface area (Å²) in [7, 11) is -2.96. The molecule has 0 amide bonds. The highest BCUT2D eigenvalue weighted by Crippen LogP contribution is 2.43. The molecular formula is C44H52O6SSi. The Labute approximate surface area is 313 Å². The van der Waals surface area contributed by atoms with Gasteiger partial charge in [0, 0.05) is 40.9 Å². The monoisotopic (exact) mass is 736 g/mol. The Morgan fingerprint density at radius 2 is 1.67 bits per heavy atom. The van der Waals surface area contributed by atoms with Gasteiger partial charge in [-0.2, -0.15) is 0 Å². The van der Waals surface area contributed by atoms with Crippen molar-refractivity contribution in [2.45, 2.75) is 95.7 Å². The van der Waals surface area contributed by atoms with E-state index in [1.54, 1.807) is 11.3 Å². The summed E-state index contributed by atoms with van der Waals surface area (Å²) in [4.78, 5) is 26.1. The van der Waals surface area contributed by atoms with E-state index in [1.165, 1.54) is 20.5 Å². The number of fused-ring (bicyclic) bond motifs is 1. The molecule has 274 valence electrons. The first-order valence-electron chi connectivity index (χ1n) is 18.8. The zero-order chi connectivity index (χ0) is 36.6. The van der Waals surface area contributed by atoms with E-state index in [9.17, 15) is 9.59 Å². The van der Waals surface area contributed by atoms with Gasteiger partial charge < -0.3 is 19.0 Å². The van der Waals surface area contributed by atoms with E-state index < -0.39 is 20.4 Å². The molecule has 1 N–H and O–H groups in total. The first-order valence-corrected chi connectivity index (χ1v) is 21.5. The Kier molecular flexibility index (Phi) is 12.8. The molecule has 0 bridgehead atoms. The normalized spacial score (nSPS) is 22.1. The van der Waals surface area contributed by atoms with E-state index in [4.69, 9.17) is 19.0 Å². The first kappa shape index (κ1) is 38.1. The number of carbonyl (C=O) groups is 2. The van der Waals surface area contributed by atoms with Crippen LogP contribution in [-0.4, -0.2) is 44.2 Å². The number of allylic oxidation sites excluding steroid dienone is 3. The number of unbranched alkanes of at least 4 members (excludes halogenated alkanes) is 1. The van der Waals surface area contributed by atoms with Gasteiger partial charge in [-0.3, -0.25) is 9.59 Å². The number of Topliss-reactive ketones (excluding diaryl/α,β-unsaturated/α-hetero) is 1. The van der Waals surface area contributed by atoms with Crippen LogP contribution >= 0.6 is 11.3 Å². The zero-order valence-electron chi connectivity index (χ0n) is 30.6. The molecule has 4 aromatic rings. The molecule has 1 aliphatic carbocycles. The number of ketones is 1. The number of hydrogen-bond acceptors (Lipinski definition) is 6. The number of ether oxygens (including phenoxy) is 2. The van der Waals surface area contributed by atoms with Gasteiger partial charge in [0.1, 0.15) is 5.78 Å². The maximum atomic E-state index is 13.9. The third-order valence-electron chi connectivity index (χ3n) is 10.5. The van der Waals surface area contributed by atoms with E-state index in [1.807, 2.05) is 6.08 Å². The minimum Gasteiger partial charge on any atom is -0.481 e. The van der Waals surface area contributed by atoms with Crippen LogP contribution in [0.1, 0.15) is 83.1 Å². The average Bonchev–Trinajstić information content (AvgIpc) is 3.70. The molecule has 2 heterocycles. The minimum absolute atomic E-state index is 0.0686. The van der Waals surface area contributed by atoms with Crippen LogP contribution in [-0.2, 0) is 23.5 Å². The summed E-state index contributed by atoms with van der Waals surface area (Å²) in [5.74, 6) is -1.03. The molecule has 3 aromatic carbocycles. The first-order chi connectivity index (χ1) is 25.2. The van der Waals surface area contributed by atoms with Crippen molar-refractivity contribution in [1.29, 1.82) is 0 Å². The number of thiophene rings is 1. The van der Waals surface area contributed by atoms with Gasteiger partial charge in [0.25, 0.3) is 8.32 Å². The van der Waals surface area contributed by atoms with Crippen molar-refractivity contribution in [2.24, 2.45) is 11.8 Å². The van der Waals surface area contributed by atoms with Crippen molar-refractivity contribution in [3.05, 3.63) is 120 Å². The molecule has 1 unspecified atom stereocenters. The number of carboxylic acid groups (broad SMARTS) is 1. The maximum absolute atomic E-state index is 13.9. The average molecular weight is 737 g/mol. The molecule has 1 aliphatic heterocycles. The van der Waals surface area contributed by atoms with E-state index >= 15 is 0 Å². The predicted molar refractivity (Wildman–Crippen MR) is 213 cm³/mol. The third-order valence-corrected chi connectivity index (χ3v) is 16.6. The van der Waals surface area contributed by atoms with Crippen LogP contribution in [0.25, 0.3) is 10.1 Å². The number of carbonyl (C=O) groups excluding carboxylic acids is 1. The smallest absolute Gasteiger partial charge is 0.303 e. The van der Waals surface area contributed by atoms with Gasteiger partial charge in [0.15, 0.2) is 6.29 Å². The SMILES string of the molecule is CC(C)(C)[Si](O[C@H](/C=C/[C@H]1C(=O)C[C@H](OC2CCCCO2)[C@@H]1C/C=C/CCCC(=O)O)c1cc2ccccc2s1)(c1ccccc1)c1ccccc1. The molecule has 6 nitrogen and oxygen atoms in total. The van der Waals surface area contributed by atoms with E-state index in [0.29, 0.717) is 32.3 Å². The van der Waals surface area contributed by atoms with Crippen LogP contribution in [0, 0.1) is 11.8 Å². The molecule has 0 radical (unpaired) electrons. The Balaban J connectivity index is 1.38. The van der Waals surface area contributed by atoms with Crippen molar-refractivity contribution in [2.75, 3.05) is 6.61 Å². The highest BCUT2D eigenvalue weighted by atomic mass is 32.1. The van der Waals surface area contributed by atoms with Crippen molar-refractivity contribution < 1.29 is 28.6 Å². The molecule has 0 spiro atoms. The topological polar surface area (TPSA) is 82.1 Å². The molecule has 6 rings (SSSR count). The highest BCUT2D eigenvalue weighted by Gasteiger charge is 2.52. The van der Waals surface area contributed by atoms with Crippen LogP contribution in [0.2, 0.25) is 5.04 Å². The van der Waals surface area contributed by atoms with Crippen molar-refractivity contribution >= 4 is 51.9 Å². The number of benzene rings is 3. The van der Waals surface area contributed by atoms with Gasteiger partial charge in [-0.05, 0) is 71.5 Å². The second kappa shape index (κ2) is 17.4. The molecule has 8 heteroatoms. The summed E-state index contributed by atoms with van der Waals surface area (Å²) in [5, 5.41) is 12.4. The van der Waals surface area contributed by atoms with E-state index in [2.05, 4.69) is 130 Å².